The van der Waals surface area contributed by atoms with Gasteiger partial charge in [0.1, 0.15) is 5.75 Å². The van der Waals surface area contributed by atoms with E-state index in [-0.39, 0.29) is 5.54 Å². The number of rotatable bonds is 3. The lowest BCUT2D eigenvalue weighted by atomic mass is 9.87. The summed E-state index contributed by atoms with van der Waals surface area (Å²) in [5.41, 5.74) is 1.50. The molecule has 2 nitrogen and oxygen atoms in total. The van der Waals surface area contributed by atoms with Crippen LogP contribution in [0, 0.1) is 0 Å². The highest BCUT2D eigenvalue weighted by atomic mass is 16.3. The second-order valence-corrected chi connectivity index (χ2v) is 4.51. The van der Waals surface area contributed by atoms with Crippen molar-refractivity contribution in [1.29, 1.82) is 0 Å². The number of phenols is 1. The third kappa shape index (κ3) is 2.32. The van der Waals surface area contributed by atoms with Gasteiger partial charge in [-0.05, 0) is 49.9 Å². The van der Waals surface area contributed by atoms with Gasteiger partial charge in [0.05, 0.1) is 0 Å². The molecule has 2 heteroatoms. The molecule has 1 unspecified atom stereocenters. The fourth-order valence-corrected chi connectivity index (χ4v) is 2.50. The first-order valence-corrected chi connectivity index (χ1v) is 5.77. The second kappa shape index (κ2) is 4.23. The smallest absolute Gasteiger partial charge is 0.115 e. The Morgan fingerprint density at radius 3 is 2.93 bits per heavy atom. The van der Waals surface area contributed by atoms with E-state index in [0.29, 0.717) is 5.75 Å². The topological polar surface area (TPSA) is 32.3 Å². The van der Waals surface area contributed by atoms with Crippen LogP contribution >= 0.6 is 0 Å². The minimum atomic E-state index is 0.272. The van der Waals surface area contributed by atoms with Crippen LogP contribution in [0.2, 0.25) is 0 Å². The van der Waals surface area contributed by atoms with Crippen molar-refractivity contribution in [2.75, 3.05) is 6.54 Å². The maximum absolute atomic E-state index is 9.42. The normalized spacial score (nSPS) is 25.7. The van der Waals surface area contributed by atoms with E-state index in [9.17, 15) is 5.11 Å². The zero-order chi connectivity index (χ0) is 10.7. The largest absolute Gasteiger partial charge is 0.508 e. The summed E-state index contributed by atoms with van der Waals surface area (Å²) in [6, 6.07) is 7.61. The molecule has 2 rings (SSSR count). The first kappa shape index (κ1) is 10.5. The van der Waals surface area contributed by atoms with Gasteiger partial charge >= 0.3 is 0 Å². The Bertz CT molecular complexity index is 329. The third-order valence-electron chi connectivity index (χ3n) is 3.46. The van der Waals surface area contributed by atoms with E-state index in [1.54, 1.807) is 6.07 Å². The zero-order valence-electron chi connectivity index (χ0n) is 9.29. The van der Waals surface area contributed by atoms with E-state index < -0.39 is 0 Å². The molecule has 0 spiro atoms. The molecule has 1 heterocycles. The number of nitrogens with one attached hydrogen (secondary N) is 1. The summed E-state index contributed by atoms with van der Waals surface area (Å²) in [4.78, 5) is 0. The number of hydrogen-bond donors (Lipinski definition) is 2. The first-order chi connectivity index (χ1) is 7.24. The van der Waals surface area contributed by atoms with Crippen LogP contribution in [0.1, 0.15) is 31.7 Å². The Kier molecular flexibility index (Phi) is 2.96. The van der Waals surface area contributed by atoms with Crippen molar-refractivity contribution in [1.82, 2.24) is 5.32 Å². The Morgan fingerprint density at radius 2 is 2.33 bits per heavy atom. The van der Waals surface area contributed by atoms with Crippen LogP contribution in [0.5, 0.6) is 5.75 Å². The summed E-state index contributed by atoms with van der Waals surface area (Å²) in [7, 11) is 0. The molecule has 1 aliphatic heterocycles. The SMILES string of the molecule is CCC1(Cc2cccc(O)c2)CCCN1. The predicted octanol–water partition coefficient (Wildman–Crippen LogP) is 2.47. The average Bonchev–Trinajstić information content (AvgIpc) is 2.67. The fraction of sp³-hybridized carbons (Fsp3) is 0.538. The van der Waals surface area contributed by atoms with Crippen LogP contribution in [0.25, 0.3) is 0 Å². The van der Waals surface area contributed by atoms with Gasteiger partial charge in [-0.1, -0.05) is 19.1 Å². The van der Waals surface area contributed by atoms with Crippen LogP contribution in [0.4, 0.5) is 0 Å². The highest BCUT2D eigenvalue weighted by molar-refractivity contribution is 5.28. The monoisotopic (exact) mass is 205 g/mol. The summed E-state index contributed by atoms with van der Waals surface area (Å²) in [5, 5.41) is 13.0. The maximum atomic E-state index is 9.42. The van der Waals surface area contributed by atoms with Crippen molar-refractivity contribution in [3.63, 3.8) is 0 Å². The molecule has 15 heavy (non-hydrogen) atoms. The van der Waals surface area contributed by atoms with Gasteiger partial charge < -0.3 is 10.4 Å². The van der Waals surface area contributed by atoms with Gasteiger partial charge in [0, 0.05) is 5.54 Å². The molecule has 1 atom stereocenters. The molecule has 0 aliphatic carbocycles. The van der Waals surface area contributed by atoms with Gasteiger partial charge in [0.25, 0.3) is 0 Å². The summed E-state index contributed by atoms with van der Waals surface area (Å²) in [5.74, 6) is 0.372. The average molecular weight is 205 g/mol. The highest BCUT2D eigenvalue weighted by Gasteiger charge is 2.31. The maximum Gasteiger partial charge on any atom is 0.115 e. The molecule has 0 aromatic heterocycles. The number of benzene rings is 1. The summed E-state index contributed by atoms with van der Waals surface area (Å²) >= 11 is 0. The van der Waals surface area contributed by atoms with Gasteiger partial charge in [-0.2, -0.15) is 0 Å². The Balaban J connectivity index is 2.12. The van der Waals surface area contributed by atoms with Gasteiger partial charge in [-0.15, -0.1) is 0 Å². The van der Waals surface area contributed by atoms with E-state index in [1.165, 1.54) is 18.4 Å². The van der Waals surface area contributed by atoms with E-state index in [2.05, 4.69) is 18.3 Å². The lowest BCUT2D eigenvalue weighted by molar-refractivity contribution is 0.359. The van der Waals surface area contributed by atoms with E-state index >= 15 is 0 Å². The molecule has 0 amide bonds. The van der Waals surface area contributed by atoms with Crippen LogP contribution in [-0.4, -0.2) is 17.2 Å². The fourth-order valence-electron chi connectivity index (χ4n) is 2.50. The number of hydrogen-bond acceptors (Lipinski definition) is 2. The quantitative estimate of drug-likeness (QED) is 0.794. The van der Waals surface area contributed by atoms with Crippen LogP contribution in [0.15, 0.2) is 24.3 Å². The van der Waals surface area contributed by atoms with Crippen molar-refractivity contribution in [3.05, 3.63) is 29.8 Å². The van der Waals surface area contributed by atoms with Gasteiger partial charge in [-0.25, -0.2) is 0 Å². The van der Waals surface area contributed by atoms with E-state index in [1.807, 2.05) is 12.1 Å². The molecule has 1 aromatic carbocycles. The van der Waals surface area contributed by atoms with E-state index in [4.69, 9.17) is 0 Å². The van der Waals surface area contributed by atoms with Gasteiger partial charge in [0.2, 0.25) is 0 Å². The zero-order valence-corrected chi connectivity index (χ0v) is 9.29. The molecule has 0 radical (unpaired) electrons. The highest BCUT2D eigenvalue weighted by Crippen LogP contribution is 2.28. The Morgan fingerprint density at radius 1 is 1.47 bits per heavy atom. The first-order valence-electron chi connectivity index (χ1n) is 5.77. The summed E-state index contributed by atoms with van der Waals surface area (Å²) in [6.07, 6.45) is 4.70. The van der Waals surface area contributed by atoms with Crippen molar-refractivity contribution < 1.29 is 5.11 Å². The molecule has 1 aliphatic rings. The van der Waals surface area contributed by atoms with Crippen LogP contribution < -0.4 is 5.32 Å². The molecular weight excluding hydrogens is 186 g/mol. The minimum Gasteiger partial charge on any atom is -0.508 e. The molecule has 1 aromatic rings. The number of aromatic hydroxyl groups is 1. The van der Waals surface area contributed by atoms with Gasteiger partial charge in [0.15, 0.2) is 0 Å². The lowest BCUT2D eigenvalue weighted by Gasteiger charge is -2.28. The molecule has 0 bridgehead atoms. The molecule has 1 saturated heterocycles. The molecule has 82 valence electrons. The van der Waals surface area contributed by atoms with Crippen molar-refractivity contribution in [2.24, 2.45) is 0 Å². The molecule has 0 saturated carbocycles. The van der Waals surface area contributed by atoms with E-state index in [0.717, 1.165) is 19.4 Å². The predicted molar refractivity (Wildman–Crippen MR) is 62.1 cm³/mol. The second-order valence-electron chi connectivity index (χ2n) is 4.51. The van der Waals surface area contributed by atoms with Gasteiger partial charge in [-0.3, -0.25) is 0 Å². The standard InChI is InChI=1S/C13H19NO/c1-2-13(7-4-8-14-13)10-11-5-3-6-12(15)9-11/h3,5-6,9,14-15H,2,4,7-8,10H2,1H3. The van der Waals surface area contributed by atoms with Crippen molar-refractivity contribution in [3.8, 4) is 5.75 Å². The molecular formula is C13H19NO. The van der Waals surface area contributed by atoms with Crippen LogP contribution in [-0.2, 0) is 6.42 Å². The third-order valence-corrected chi connectivity index (χ3v) is 3.46. The van der Waals surface area contributed by atoms with Crippen molar-refractivity contribution >= 4 is 0 Å². The summed E-state index contributed by atoms with van der Waals surface area (Å²) in [6.45, 7) is 3.37. The van der Waals surface area contributed by atoms with Crippen LogP contribution in [0.3, 0.4) is 0 Å². The molecule has 1 fully saturated rings. The lowest BCUT2D eigenvalue weighted by Crippen LogP contribution is -2.41. The molecule has 2 N–H and O–H groups in total. The van der Waals surface area contributed by atoms with Crippen molar-refractivity contribution in [2.45, 2.75) is 38.1 Å². The Labute approximate surface area is 91.3 Å². The summed E-state index contributed by atoms with van der Waals surface area (Å²) < 4.78 is 0. The number of phenolic OH excluding ortho intramolecular Hbond substituents is 1. The Hall–Kier alpha value is -1.02. The minimum absolute atomic E-state index is 0.272.